The molecular formula is C17H24N2O. The van der Waals surface area contributed by atoms with Crippen LogP contribution >= 0.6 is 0 Å². The van der Waals surface area contributed by atoms with Gasteiger partial charge in [-0.05, 0) is 51.8 Å². The van der Waals surface area contributed by atoms with Gasteiger partial charge in [0.1, 0.15) is 0 Å². The van der Waals surface area contributed by atoms with Crippen molar-refractivity contribution in [2.45, 2.75) is 37.6 Å². The van der Waals surface area contributed by atoms with Gasteiger partial charge in [-0.15, -0.1) is 0 Å². The van der Waals surface area contributed by atoms with Crippen LogP contribution in [0.4, 0.5) is 0 Å². The predicted octanol–water partition coefficient (Wildman–Crippen LogP) is 2.52. The molecular weight excluding hydrogens is 248 g/mol. The lowest BCUT2D eigenvalue weighted by atomic mass is 9.64. The van der Waals surface area contributed by atoms with Crippen LogP contribution in [0.25, 0.3) is 0 Å². The minimum atomic E-state index is -0.0751. The first-order chi connectivity index (χ1) is 9.59. The van der Waals surface area contributed by atoms with E-state index in [1.807, 2.05) is 0 Å². The number of benzene rings is 1. The summed E-state index contributed by atoms with van der Waals surface area (Å²) in [7, 11) is 4.33. The minimum absolute atomic E-state index is 0.0751. The Labute approximate surface area is 121 Å². The zero-order valence-electron chi connectivity index (χ0n) is 12.5. The van der Waals surface area contributed by atoms with Crippen molar-refractivity contribution in [2.24, 2.45) is 5.41 Å². The summed E-state index contributed by atoms with van der Waals surface area (Å²) >= 11 is 0. The molecule has 1 spiro atoms. The van der Waals surface area contributed by atoms with Crippen LogP contribution in [-0.2, 0) is 10.3 Å². The third-order valence-corrected chi connectivity index (χ3v) is 5.57. The molecule has 3 heteroatoms. The van der Waals surface area contributed by atoms with Crippen molar-refractivity contribution in [3.05, 3.63) is 35.9 Å². The molecule has 0 unspecified atom stereocenters. The summed E-state index contributed by atoms with van der Waals surface area (Å²) in [4.78, 5) is 14.5. The van der Waals surface area contributed by atoms with E-state index in [4.69, 9.17) is 0 Å². The Morgan fingerprint density at radius 2 is 1.65 bits per heavy atom. The Morgan fingerprint density at radius 1 is 1.00 bits per heavy atom. The minimum Gasteiger partial charge on any atom is -0.356 e. The van der Waals surface area contributed by atoms with Gasteiger partial charge < -0.3 is 5.32 Å². The van der Waals surface area contributed by atoms with Crippen LogP contribution in [0.1, 0.15) is 37.7 Å². The average molecular weight is 272 g/mol. The second-order valence-corrected chi connectivity index (χ2v) is 6.58. The smallest absolute Gasteiger partial charge is 0.226 e. The summed E-state index contributed by atoms with van der Waals surface area (Å²) < 4.78 is 0. The number of rotatable bonds is 2. The number of amides is 1. The lowest BCUT2D eigenvalue weighted by molar-refractivity contribution is -0.131. The average Bonchev–Trinajstić information content (AvgIpc) is 2.82. The number of hydrogen-bond acceptors (Lipinski definition) is 2. The maximum atomic E-state index is 12.1. The van der Waals surface area contributed by atoms with E-state index in [1.165, 1.54) is 5.56 Å². The van der Waals surface area contributed by atoms with Crippen LogP contribution in [0.3, 0.4) is 0 Å². The number of carbonyl (C=O) groups excluding carboxylic acids is 1. The van der Waals surface area contributed by atoms with E-state index in [1.54, 1.807) is 0 Å². The molecule has 1 saturated heterocycles. The van der Waals surface area contributed by atoms with Gasteiger partial charge in [0.05, 0.1) is 5.41 Å². The Kier molecular flexibility index (Phi) is 3.33. The van der Waals surface area contributed by atoms with Gasteiger partial charge in [-0.25, -0.2) is 0 Å². The van der Waals surface area contributed by atoms with Gasteiger partial charge in [-0.1, -0.05) is 30.3 Å². The molecule has 1 aliphatic heterocycles. The molecule has 2 fully saturated rings. The quantitative estimate of drug-likeness (QED) is 0.897. The molecule has 1 N–H and O–H groups in total. The second kappa shape index (κ2) is 4.88. The molecule has 1 saturated carbocycles. The van der Waals surface area contributed by atoms with E-state index >= 15 is 0 Å². The van der Waals surface area contributed by atoms with E-state index < -0.39 is 0 Å². The molecule has 1 heterocycles. The van der Waals surface area contributed by atoms with E-state index in [0.717, 1.165) is 38.6 Å². The Balaban J connectivity index is 1.87. The zero-order valence-corrected chi connectivity index (χ0v) is 12.5. The molecule has 1 aromatic carbocycles. The number of hydrogen-bond donors (Lipinski definition) is 1. The van der Waals surface area contributed by atoms with Gasteiger partial charge >= 0.3 is 0 Å². The molecule has 0 atom stereocenters. The van der Waals surface area contributed by atoms with Crippen molar-refractivity contribution in [2.75, 3.05) is 20.6 Å². The van der Waals surface area contributed by atoms with Crippen LogP contribution in [0.15, 0.2) is 30.3 Å². The van der Waals surface area contributed by atoms with Crippen molar-refractivity contribution in [3.8, 4) is 0 Å². The normalized spacial score (nSPS) is 33.6. The number of nitrogens with one attached hydrogen (secondary N) is 1. The van der Waals surface area contributed by atoms with E-state index in [-0.39, 0.29) is 16.9 Å². The van der Waals surface area contributed by atoms with Crippen molar-refractivity contribution >= 4 is 5.91 Å². The zero-order chi connectivity index (χ0) is 14.2. The summed E-state index contributed by atoms with van der Waals surface area (Å²) in [5.41, 5.74) is 1.40. The highest BCUT2D eigenvalue weighted by atomic mass is 16.2. The van der Waals surface area contributed by atoms with E-state index in [2.05, 4.69) is 54.6 Å². The van der Waals surface area contributed by atoms with E-state index in [0.29, 0.717) is 0 Å². The molecule has 1 amide bonds. The van der Waals surface area contributed by atoms with Crippen molar-refractivity contribution in [3.63, 3.8) is 0 Å². The first kappa shape index (κ1) is 13.6. The fourth-order valence-electron chi connectivity index (χ4n) is 4.08. The maximum absolute atomic E-state index is 12.1. The summed E-state index contributed by atoms with van der Waals surface area (Å²) in [5.74, 6) is 0.290. The second-order valence-electron chi connectivity index (χ2n) is 6.58. The molecule has 0 radical (unpaired) electrons. The van der Waals surface area contributed by atoms with Crippen molar-refractivity contribution in [1.29, 1.82) is 0 Å². The predicted molar refractivity (Wildman–Crippen MR) is 80.3 cm³/mol. The van der Waals surface area contributed by atoms with Crippen LogP contribution in [0.2, 0.25) is 0 Å². The van der Waals surface area contributed by atoms with Crippen molar-refractivity contribution in [1.82, 2.24) is 10.2 Å². The van der Waals surface area contributed by atoms with Crippen LogP contribution in [0, 0.1) is 5.41 Å². The molecule has 1 aliphatic carbocycles. The van der Waals surface area contributed by atoms with Gasteiger partial charge in [-0.2, -0.15) is 0 Å². The third-order valence-electron chi connectivity index (χ3n) is 5.57. The first-order valence-corrected chi connectivity index (χ1v) is 7.60. The summed E-state index contributed by atoms with van der Waals surface area (Å²) in [5, 5.41) is 3.02. The molecule has 3 rings (SSSR count). The van der Waals surface area contributed by atoms with Gasteiger partial charge in [0, 0.05) is 12.1 Å². The molecule has 3 nitrogen and oxygen atoms in total. The highest BCUT2D eigenvalue weighted by molar-refractivity contribution is 5.84. The topological polar surface area (TPSA) is 32.3 Å². The SMILES string of the molecule is CN(C)C1(c2ccccc2)CCC2(CCNC2=O)CC1. The highest BCUT2D eigenvalue weighted by Gasteiger charge is 2.50. The van der Waals surface area contributed by atoms with Gasteiger partial charge in [0.15, 0.2) is 0 Å². The summed E-state index contributed by atoms with van der Waals surface area (Å²) in [6.45, 7) is 0.860. The summed E-state index contributed by atoms with van der Waals surface area (Å²) in [6, 6.07) is 10.8. The van der Waals surface area contributed by atoms with Crippen LogP contribution in [-0.4, -0.2) is 31.4 Å². The number of carbonyl (C=O) groups is 1. The lowest BCUT2D eigenvalue weighted by Gasteiger charge is -2.48. The van der Waals surface area contributed by atoms with Crippen molar-refractivity contribution < 1.29 is 4.79 Å². The molecule has 0 aromatic heterocycles. The maximum Gasteiger partial charge on any atom is 0.226 e. The largest absolute Gasteiger partial charge is 0.356 e. The molecule has 2 aliphatic rings. The Bertz CT molecular complexity index is 487. The van der Waals surface area contributed by atoms with Crippen LogP contribution in [0.5, 0.6) is 0 Å². The summed E-state index contributed by atoms with van der Waals surface area (Å²) in [6.07, 6.45) is 5.16. The first-order valence-electron chi connectivity index (χ1n) is 7.60. The fourth-order valence-corrected chi connectivity index (χ4v) is 4.08. The Hall–Kier alpha value is -1.35. The van der Waals surface area contributed by atoms with E-state index in [9.17, 15) is 4.79 Å². The van der Waals surface area contributed by atoms with Gasteiger partial charge in [0.25, 0.3) is 0 Å². The number of nitrogens with zero attached hydrogens (tertiary/aromatic N) is 1. The molecule has 1 aromatic rings. The monoisotopic (exact) mass is 272 g/mol. The standard InChI is InChI=1S/C17H24N2O/c1-19(2)17(14-6-4-3-5-7-14)10-8-16(9-11-17)12-13-18-15(16)20/h3-7H,8-13H2,1-2H3,(H,18,20). The van der Waals surface area contributed by atoms with Gasteiger partial charge in [0.2, 0.25) is 5.91 Å². The third kappa shape index (κ3) is 1.96. The molecule has 0 bridgehead atoms. The molecule has 20 heavy (non-hydrogen) atoms. The highest BCUT2D eigenvalue weighted by Crippen LogP contribution is 2.50. The van der Waals surface area contributed by atoms with Crippen LogP contribution < -0.4 is 5.32 Å². The fraction of sp³-hybridized carbons (Fsp3) is 0.588. The molecule has 108 valence electrons. The van der Waals surface area contributed by atoms with Gasteiger partial charge in [-0.3, -0.25) is 9.69 Å². The Morgan fingerprint density at radius 3 is 2.15 bits per heavy atom. The lowest BCUT2D eigenvalue weighted by Crippen LogP contribution is -2.48.